The van der Waals surface area contributed by atoms with Gasteiger partial charge in [0.05, 0.1) is 5.75 Å². The lowest BCUT2D eigenvalue weighted by molar-refractivity contribution is -0.128. The third-order valence-electron chi connectivity index (χ3n) is 5.22. The molecule has 0 atom stereocenters. The SMILES string of the molecule is Cc1ccccc1N1CCN(C(=O)CSc2nnc(C)n2-c2ccccc2)CC1. The molecule has 1 amide bonds. The van der Waals surface area contributed by atoms with Crippen molar-refractivity contribution in [2.75, 3.05) is 36.8 Å². The van der Waals surface area contributed by atoms with Gasteiger partial charge in [-0.25, -0.2) is 0 Å². The molecule has 7 heteroatoms. The molecule has 1 aliphatic rings. The summed E-state index contributed by atoms with van der Waals surface area (Å²) < 4.78 is 1.99. The smallest absolute Gasteiger partial charge is 0.233 e. The Kier molecular flexibility index (Phi) is 5.85. The number of piperazine rings is 1. The maximum absolute atomic E-state index is 12.8. The highest BCUT2D eigenvalue weighted by Crippen LogP contribution is 2.23. The number of hydrogen-bond donors (Lipinski definition) is 0. The Bertz CT molecular complexity index is 980. The van der Waals surface area contributed by atoms with Gasteiger partial charge in [-0.1, -0.05) is 48.2 Å². The van der Waals surface area contributed by atoms with Gasteiger partial charge in [0.1, 0.15) is 5.82 Å². The van der Waals surface area contributed by atoms with Gasteiger partial charge in [-0.2, -0.15) is 0 Å². The molecule has 0 aliphatic carbocycles. The molecule has 29 heavy (non-hydrogen) atoms. The van der Waals surface area contributed by atoms with Crippen LogP contribution in [0.15, 0.2) is 59.8 Å². The molecule has 0 radical (unpaired) electrons. The van der Waals surface area contributed by atoms with Gasteiger partial charge in [0.25, 0.3) is 0 Å². The summed E-state index contributed by atoms with van der Waals surface area (Å²) in [4.78, 5) is 17.1. The number of carbonyl (C=O) groups excluding carboxylic acids is 1. The highest BCUT2D eigenvalue weighted by atomic mass is 32.2. The van der Waals surface area contributed by atoms with Gasteiger partial charge in [0, 0.05) is 37.6 Å². The Morgan fingerprint density at radius 1 is 0.931 bits per heavy atom. The molecule has 6 nitrogen and oxygen atoms in total. The van der Waals surface area contributed by atoms with Crippen molar-refractivity contribution < 1.29 is 4.79 Å². The van der Waals surface area contributed by atoms with Crippen LogP contribution in [0.2, 0.25) is 0 Å². The van der Waals surface area contributed by atoms with Crippen molar-refractivity contribution in [1.82, 2.24) is 19.7 Å². The van der Waals surface area contributed by atoms with Crippen LogP contribution in [0.5, 0.6) is 0 Å². The molecule has 0 unspecified atom stereocenters. The molecule has 1 aliphatic heterocycles. The van der Waals surface area contributed by atoms with E-state index >= 15 is 0 Å². The van der Waals surface area contributed by atoms with Crippen LogP contribution in [-0.4, -0.2) is 57.5 Å². The van der Waals surface area contributed by atoms with Gasteiger partial charge < -0.3 is 9.80 Å². The first-order chi connectivity index (χ1) is 14.1. The predicted octanol–water partition coefficient (Wildman–Crippen LogP) is 3.33. The minimum atomic E-state index is 0.152. The number of aryl methyl sites for hydroxylation is 2. The maximum Gasteiger partial charge on any atom is 0.233 e. The quantitative estimate of drug-likeness (QED) is 0.608. The number of carbonyl (C=O) groups is 1. The van der Waals surface area contributed by atoms with Crippen LogP contribution in [0.3, 0.4) is 0 Å². The number of aromatic nitrogens is 3. The number of anilines is 1. The molecule has 150 valence electrons. The van der Waals surface area contributed by atoms with Crippen LogP contribution < -0.4 is 4.90 Å². The number of rotatable bonds is 5. The molecule has 1 aromatic heterocycles. The highest BCUT2D eigenvalue weighted by Gasteiger charge is 2.23. The normalized spacial score (nSPS) is 14.3. The summed E-state index contributed by atoms with van der Waals surface area (Å²) >= 11 is 1.45. The number of benzene rings is 2. The minimum Gasteiger partial charge on any atom is -0.368 e. The summed E-state index contributed by atoms with van der Waals surface area (Å²) in [7, 11) is 0. The fraction of sp³-hybridized carbons (Fsp3) is 0.318. The molecule has 1 saturated heterocycles. The summed E-state index contributed by atoms with van der Waals surface area (Å²) in [6.07, 6.45) is 0. The third kappa shape index (κ3) is 4.29. The van der Waals surface area contributed by atoms with Crippen molar-refractivity contribution in [3.05, 3.63) is 66.0 Å². The first-order valence-corrected chi connectivity index (χ1v) is 10.8. The second kappa shape index (κ2) is 8.69. The molecule has 0 saturated carbocycles. The largest absolute Gasteiger partial charge is 0.368 e. The Hall–Kier alpha value is -2.80. The van der Waals surface area contributed by atoms with Crippen LogP contribution in [-0.2, 0) is 4.79 Å². The Labute approximate surface area is 175 Å². The highest BCUT2D eigenvalue weighted by molar-refractivity contribution is 7.99. The number of hydrogen-bond acceptors (Lipinski definition) is 5. The zero-order valence-electron chi connectivity index (χ0n) is 16.8. The molecule has 3 aromatic rings. The number of nitrogens with zero attached hydrogens (tertiary/aromatic N) is 5. The zero-order chi connectivity index (χ0) is 20.2. The second-order valence-electron chi connectivity index (χ2n) is 7.14. The van der Waals surface area contributed by atoms with Gasteiger partial charge in [0.2, 0.25) is 5.91 Å². The minimum absolute atomic E-state index is 0.152. The van der Waals surface area contributed by atoms with Crippen molar-refractivity contribution in [3.8, 4) is 5.69 Å². The van der Waals surface area contributed by atoms with E-state index in [1.54, 1.807) is 0 Å². The van der Waals surface area contributed by atoms with Crippen LogP contribution in [0.1, 0.15) is 11.4 Å². The van der Waals surface area contributed by atoms with Crippen LogP contribution in [0, 0.1) is 13.8 Å². The first-order valence-electron chi connectivity index (χ1n) is 9.82. The van der Waals surface area contributed by atoms with E-state index in [4.69, 9.17) is 0 Å². The van der Waals surface area contributed by atoms with Crippen molar-refractivity contribution in [3.63, 3.8) is 0 Å². The Balaban J connectivity index is 1.35. The zero-order valence-corrected chi connectivity index (χ0v) is 17.6. The summed E-state index contributed by atoms with van der Waals surface area (Å²) in [5.74, 6) is 1.34. The van der Waals surface area contributed by atoms with Gasteiger partial charge in [-0.05, 0) is 37.6 Å². The van der Waals surface area contributed by atoms with E-state index in [-0.39, 0.29) is 5.91 Å². The Morgan fingerprint density at radius 3 is 2.34 bits per heavy atom. The number of amides is 1. The number of thioether (sulfide) groups is 1. The van der Waals surface area contributed by atoms with E-state index in [0.29, 0.717) is 5.75 Å². The first kappa shape index (κ1) is 19.5. The molecule has 2 aromatic carbocycles. The van der Waals surface area contributed by atoms with E-state index in [2.05, 4.69) is 46.3 Å². The lowest BCUT2D eigenvalue weighted by atomic mass is 10.1. The summed E-state index contributed by atoms with van der Waals surface area (Å²) in [5.41, 5.74) is 3.55. The summed E-state index contributed by atoms with van der Waals surface area (Å²) in [5, 5.41) is 9.21. The van der Waals surface area contributed by atoms with Gasteiger partial charge in [0.15, 0.2) is 5.16 Å². The topological polar surface area (TPSA) is 54.3 Å². The van der Waals surface area contributed by atoms with Crippen molar-refractivity contribution in [1.29, 1.82) is 0 Å². The van der Waals surface area contributed by atoms with E-state index in [1.165, 1.54) is 23.0 Å². The molecule has 2 heterocycles. The van der Waals surface area contributed by atoms with Crippen molar-refractivity contribution in [2.45, 2.75) is 19.0 Å². The van der Waals surface area contributed by atoms with E-state index in [0.717, 1.165) is 42.8 Å². The second-order valence-corrected chi connectivity index (χ2v) is 8.09. The molecule has 0 N–H and O–H groups in total. The summed E-state index contributed by atoms with van der Waals surface area (Å²) in [6, 6.07) is 18.4. The van der Waals surface area contributed by atoms with Gasteiger partial charge >= 0.3 is 0 Å². The van der Waals surface area contributed by atoms with Crippen LogP contribution >= 0.6 is 11.8 Å². The van der Waals surface area contributed by atoms with Crippen molar-refractivity contribution in [2.24, 2.45) is 0 Å². The molecule has 1 fully saturated rings. The fourth-order valence-electron chi connectivity index (χ4n) is 3.64. The van der Waals surface area contributed by atoms with Gasteiger partial charge in [-0.15, -0.1) is 10.2 Å². The van der Waals surface area contributed by atoms with Crippen LogP contribution in [0.4, 0.5) is 5.69 Å². The molecule has 0 bridgehead atoms. The molecule has 4 rings (SSSR count). The van der Waals surface area contributed by atoms with Crippen LogP contribution in [0.25, 0.3) is 5.69 Å². The average molecular weight is 408 g/mol. The lowest BCUT2D eigenvalue weighted by Crippen LogP contribution is -2.49. The summed E-state index contributed by atoms with van der Waals surface area (Å²) in [6.45, 7) is 7.28. The van der Waals surface area contributed by atoms with E-state index in [9.17, 15) is 4.79 Å². The average Bonchev–Trinajstić information content (AvgIpc) is 3.13. The molecular weight excluding hydrogens is 382 g/mol. The number of para-hydroxylation sites is 2. The standard InChI is InChI=1S/C22H25N5OS/c1-17-8-6-7-11-20(17)25-12-14-26(15-13-25)21(28)16-29-22-24-23-18(2)27(22)19-9-4-3-5-10-19/h3-11H,12-16H2,1-2H3. The van der Waals surface area contributed by atoms with Gasteiger partial charge in [-0.3, -0.25) is 9.36 Å². The lowest BCUT2D eigenvalue weighted by Gasteiger charge is -2.36. The molecular formula is C22H25N5OS. The molecule has 0 spiro atoms. The Morgan fingerprint density at radius 2 is 1.62 bits per heavy atom. The fourth-order valence-corrected chi connectivity index (χ4v) is 4.54. The van der Waals surface area contributed by atoms with E-state index < -0.39 is 0 Å². The maximum atomic E-state index is 12.8. The predicted molar refractivity (Wildman–Crippen MR) is 117 cm³/mol. The third-order valence-corrected chi connectivity index (χ3v) is 6.14. The van der Waals surface area contributed by atoms with E-state index in [1.807, 2.05) is 46.7 Å². The van der Waals surface area contributed by atoms with Crippen molar-refractivity contribution >= 4 is 23.4 Å². The monoisotopic (exact) mass is 407 g/mol.